The van der Waals surface area contributed by atoms with Crippen LogP contribution in [0.15, 0.2) is 58.6 Å². The number of aliphatic imine (C=N–C) groups is 1. The largest absolute Gasteiger partial charge is 0.464 e. The maximum Gasteiger partial charge on any atom is 0.459 e. The molecule has 14 nitrogen and oxygen atoms in total. The van der Waals surface area contributed by atoms with E-state index in [9.17, 15) is 14.2 Å². The maximum absolute atomic E-state index is 14.1. The Morgan fingerprint density at radius 2 is 1.93 bits per heavy atom. The Morgan fingerprint density at radius 3 is 2.70 bits per heavy atom. The van der Waals surface area contributed by atoms with E-state index in [1.54, 1.807) is 49.5 Å². The molecule has 2 N–H and O–H groups in total. The summed E-state index contributed by atoms with van der Waals surface area (Å²) in [7, 11) is -0.569. The molecule has 2 aromatic heterocycles. The lowest BCUT2D eigenvalue weighted by molar-refractivity contribution is -0.149. The van der Waals surface area contributed by atoms with Gasteiger partial charge in [-0.05, 0) is 31.7 Å². The first-order valence-electron chi connectivity index (χ1n) is 14.1. The molecule has 0 amide bonds. The first kappa shape index (κ1) is 32.8. The summed E-state index contributed by atoms with van der Waals surface area (Å²) < 4.78 is 38.5. The van der Waals surface area contributed by atoms with Gasteiger partial charge in [0.05, 0.1) is 32.5 Å². The number of nitrogens with zero attached hydrogens (tertiary/aromatic N) is 5. The van der Waals surface area contributed by atoms with Crippen molar-refractivity contribution in [1.82, 2.24) is 29.5 Å². The molecule has 236 valence electrons. The van der Waals surface area contributed by atoms with Gasteiger partial charge in [0.2, 0.25) is 5.95 Å². The lowest BCUT2D eigenvalue weighted by Crippen LogP contribution is -2.47. The van der Waals surface area contributed by atoms with E-state index in [0.717, 1.165) is 17.2 Å². The van der Waals surface area contributed by atoms with Crippen LogP contribution in [0.3, 0.4) is 0 Å². The molecule has 1 unspecified atom stereocenters. The van der Waals surface area contributed by atoms with E-state index in [-0.39, 0.29) is 43.7 Å². The SMILES string of the molecule is CCCCOC(=O)C(C)(C)NP(=O)(OCCOCn1cnc2c(=O)[nH]c(N=CN(C)C)nc21)Oc1cccc2ccccc12. The van der Waals surface area contributed by atoms with E-state index in [1.165, 1.54) is 12.7 Å². The van der Waals surface area contributed by atoms with Crippen molar-refractivity contribution in [1.29, 1.82) is 0 Å². The van der Waals surface area contributed by atoms with Gasteiger partial charge in [-0.2, -0.15) is 10.1 Å². The van der Waals surface area contributed by atoms with Gasteiger partial charge in [0.15, 0.2) is 11.2 Å². The molecule has 2 heterocycles. The number of H-pyrrole nitrogens is 1. The highest BCUT2D eigenvalue weighted by molar-refractivity contribution is 7.52. The van der Waals surface area contributed by atoms with Crippen molar-refractivity contribution in [3.63, 3.8) is 0 Å². The Balaban J connectivity index is 1.46. The van der Waals surface area contributed by atoms with E-state index < -0.39 is 24.8 Å². The third-order valence-corrected chi connectivity index (χ3v) is 8.01. The van der Waals surface area contributed by atoms with Gasteiger partial charge in [-0.3, -0.25) is 23.7 Å². The minimum atomic E-state index is -4.16. The monoisotopic (exact) mass is 627 g/mol. The summed E-state index contributed by atoms with van der Waals surface area (Å²) in [6.07, 6.45) is 4.51. The van der Waals surface area contributed by atoms with E-state index in [4.69, 9.17) is 18.5 Å². The summed E-state index contributed by atoms with van der Waals surface area (Å²) in [5, 5.41) is 4.38. The van der Waals surface area contributed by atoms with Gasteiger partial charge in [-0.1, -0.05) is 49.7 Å². The Hall–Kier alpha value is -4.10. The maximum atomic E-state index is 14.1. The molecule has 44 heavy (non-hydrogen) atoms. The Morgan fingerprint density at radius 1 is 1.16 bits per heavy atom. The number of carbonyl (C=O) groups excluding carboxylic acids is 1. The van der Waals surface area contributed by atoms with Gasteiger partial charge in [0.1, 0.15) is 18.0 Å². The zero-order valence-corrected chi connectivity index (χ0v) is 26.4. The van der Waals surface area contributed by atoms with Crippen LogP contribution in [0.2, 0.25) is 0 Å². The summed E-state index contributed by atoms with van der Waals surface area (Å²) in [4.78, 5) is 42.1. The van der Waals surface area contributed by atoms with Crippen LogP contribution < -0.4 is 15.2 Å². The van der Waals surface area contributed by atoms with Crippen molar-refractivity contribution >= 4 is 47.9 Å². The van der Waals surface area contributed by atoms with E-state index >= 15 is 0 Å². The van der Waals surface area contributed by atoms with E-state index in [0.29, 0.717) is 12.2 Å². The molecule has 1 atom stereocenters. The van der Waals surface area contributed by atoms with Gasteiger partial charge in [-0.25, -0.2) is 14.5 Å². The van der Waals surface area contributed by atoms with Crippen LogP contribution in [0.1, 0.15) is 33.6 Å². The summed E-state index contributed by atoms with van der Waals surface area (Å²) >= 11 is 0. The molecule has 4 aromatic rings. The third-order valence-electron chi connectivity index (χ3n) is 6.22. The van der Waals surface area contributed by atoms with Crippen molar-refractivity contribution in [3.05, 3.63) is 59.1 Å². The average Bonchev–Trinajstić information content (AvgIpc) is 3.39. The summed E-state index contributed by atoms with van der Waals surface area (Å²) in [6.45, 7) is 5.14. The number of esters is 1. The van der Waals surface area contributed by atoms with Gasteiger partial charge in [0, 0.05) is 19.5 Å². The second kappa shape index (κ2) is 14.6. The van der Waals surface area contributed by atoms with Crippen LogP contribution in [0.4, 0.5) is 5.95 Å². The predicted octanol–water partition coefficient (Wildman–Crippen LogP) is 4.38. The average molecular weight is 628 g/mol. The molecular formula is C29H38N7O7P. The minimum Gasteiger partial charge on any atom is -0.464 e. The fourth-order valence-electron chi connectivity index (χ4n) is 4.01. The van der Waals surface area contributed by atoms with Gasteiger partial charge >= 0.3 is 13.7 Å². The number of nitrogens with one attached hydrogen (secondary N) is 2. The first-order chi connectivity index (χ1) is 21.0. The molecule has 0 fully saturated rings. The second-order valence-electron chi connectivity index (χ2n) is 10.6. The number of rotatable bonds is 16. The van der Waals surface area contributed by atoms with Crippen LogP contribution >= 0.6 is 7.75 Å². The quantitative estimate of drug-likeness (QED) is 0.0596. The van der Waals surface area contributed by atoms with Crippen LogP contribution in [0.5, 0.6) is 5.75 Å². The highest BCUT2D eigenvalue weighted by Gasteiger charge is 2.40. The zero-order chi connectivity index (χ0) is 31.7. The standard InChI is InChI=1S/C29H38N7O7P/c1-6-7-15-41-27(38)29(2,3)34-44(39,43-23-14-10-12-21-11-8-9-13-22(21)23)42-17-16-40-20-36-19-30-24-25(36)32-28(33-26(24)37)31-18-35(4)5/h8-14,18-19H,6-7,15-17,20H2,1-5H3,(H,34,39)(H,32,33,37). The van der Waals surface area contributed by atoms with Crippen LogP contribution in [-0.2, 0) is 30.1 Å². The zero-order valence-electron chi connectivity index (χ0n) is 25.5. The number of hydrogen-bond acceptors (Lipinski definition) is 10. The molecule has 0 spiro atoms. The fraction of sp³-hybridized carbons (Fsp3) is 0.414. The van der Waals surface area contributed by atoms with E-state index in [2.05, 4.69) is 25.0 Å². The number of aromatic nitrogens is 4. The minimum absolute atomic E-state index is 0.0134. The van der Waals surface area contributed by atoms with Crippen LogP contribution in [-0.4, -0.2) is 76.2 Å². The predicted molar refractivity (Wildman–Crippen MR) is 167 cm³/mol. The van der Waals surface area contributed by atoms with Gasteiger partial charge in [-0.15, -0.1) is 0 Å². The number of aromatic amines is 1. The molecule has 0 saturated carbocycles. The highest BCUT2D eigenvalue weighted by atomic mass is 31.2. The lowest BCUT2D eigenvalue weighted by Gasteiger charge is -2.29. The smallest absolute Gasteiger partial charge is 0.459 e. The van der Waals surface area contributed by atoms with Crippen LogP contribution in [0, 0.1) is 0 Å². The van der Waals surface area contributed by atoms with Crippen molar-refractivity contribution in [2.24, 2.45) is 4.99 Å². The number of ether oxygens (including phenoxy) is 2. The lowest BCUT2D eigenvalue weighted by atomic mass is 10.1. The first-order valence-corrected chi connectivity index (χ1v) is 15.7. The number of imidazole rings is 1. The Bertz CT molecular complexity index is 1710. The number of hydrogen-bond donors (Lipinski definition) is 2. The Kier molecular flexibility index (Phi) is 10.9. The Labute approximate surface area is 255 Å². The molecule has 0 bridgehead atoms. The van der Waals surface area contributed by atoms with Gasteiger partial charge in [0.25, 0.3) is 5.56 Å². The fourth-order valence-corrected chi connectivity index (χ4v) is 5.68. The number of fused-ring (bicyclic) bond motifs is 2. The van der Waals surface area contributed by atoms with Crippen LogP contribution in [0.25, 0.3) is 21.9 Å². The molecule has 0 aliphatic heterocycles. The number of carbonyl (C=O) groups is 1. The summed E-state index contributed by atoms with van der Waals surface area (Å²) in [5.74, 6) is -0.144. The molecule has 4 rings (SSSR count). The topological polar surface area (TPSA) is 162 Å². The summed E-state index contributed by atoms with van der Waals surface area (Å²) in [6, 6.07) is 12.8. The number of benzene rings is 2. The van der Waals surface area contributed by atoms with Crippen molar-refractivity contribution in [2.45, 2.75) is 45.9 Å². The molecule has 0 aliphatic rings. The summed E-state index contributed by atoms with van der Waals surface area (Å²) in [5.41, 5.74) is -1.40. The highest BCUT2D eigenvalue weighted by Crippen LogP contribution is 2.48. The molecular weight excluding hydrogens is 589 g/mol. The molecule has 0 radical (unpaired) electrons. The normalized spacial score (nSPS) is 13.4. The molecule has 2 aromatic carbocycles. The van der Waals surface area contributed by atoms with E-state index in [1.807, 2.05) is 37.3 Å². The van der Waals surface area contributed by atoms with Gasteiger partial charge < -0.3 is 18.9 Å². The van der Waals surface area contributed by atoms with Crippen molar-refractivity contribution in [3.8, 4) is 5.75 Å². The third kappa shape index (κ3) is 8.50. The molecule has 0 aliphatic carbocycles. The molecule has 15 heteroatoms. The number of unbranched alkanes of at least 4 members (excludes halogenated alkanes) is 1. The second-order valence-corrected chi connectivity index (χ2v) is 12.3. The molecule has 0 saturated heterocycles. The van der Waals surface area contributed by atoms with Crippen molar-refractivity contribution < 1.29 is 27.9 Å². The van der Waals surface area contributed by atoms with Crippen molar-refractivity contribution in [2.75, 3.05) is 33.9 Å².